The average Bonchev–Trinajstić information content (AvgIpc) is 2.47. The zero-order valence-electron chi connectivity index (χ0n) is 11.6. The molecule has 0 unspecified atom stereocenters. The molecule has 1 aromatic carbocycles. The number of nitrogens with zero attached hydrogens (tertiary/aromatic N) is 1. The first kappa shape index (κ1) is 13.9. The summed E-state index contributed by atoms with van der Waals surface area (Å²) >= 11 is 0. The average molecular weight is 272 g/mol. The lowest BCUT2D eigenvalue weighted by Gasteiger charge is -2.11. The van der Waals surface area contributed by atoms with E-state index in [4.69, 9.17) is 9.47 Å². The van der Waals surface area contributed by atoms with Crippen LogP contribution in [0.5, 0.6) is 11.5 Å². The Morgan fingerprint density at radius 2 is 1.95 bits per heavy atom. The molecule has 5 nitrogen and oxygen atoms in total. The number of hydrogen-bond acceptors (Lipinski definition) is 4. The normalized spacial score (nSPS) is 9.95. The van der Waals surface area contributed by atoms with Crippen molar-refractivity contribution in [1.29, 1.82) is 0 Å². The Balaban J connectivity index is 2.27. The summed E-state index contributed by atoms with van der Waals surface area (Å²) in [7, 11) is 3.12. The molecule has 5 heteroatoms. The Labute approximate surface area is 117 Å². The maximum absolute atomic E-state index is 12.2. The smallest absolute Gasteiger partial charge is 0.255 e. The number of benzene rings is 1. The number of nitrogens with one attached hydrogen (secondary N) is 1. The summed E-state index contributed by atoms with van der Waals surface area (Å²) in [5.74, 6) is 0.999. The van der Waals surface area contributed by atoms with E-state index >= 15 is 0 Å². The molecular formula is C15H16N2O3. The van der Waals surface area contributed by atoms with Crippen LogP contribution in [0.2, 0.25) is 0 Å². The second-order valence-electron chi connectivity index (χ2n) is 4.21. The highest BCUT2D eigenvalue weighted by molar-refractivity contribution is 6.05. The first-order valence-electron chi connectivity index (χ1n) is 6.10. The summed E-state index contributed by atoms with van der Waals surface area (Å²) in [5, 5.41) is 2.81. The molecule has 0 saturated carbocycles. The molecule has 0 bridgehead atoms. The van der Waals surface area contributed by atoms with E-state index in [1.165, 1.54) is 0 Å². The van der Waals surface area contributed by atoms with Crippen molar-refractivity contribution >= 4 is 11.6 Å². The van der Waals surface area contributed by atoms with Crippen LogP contribution in [0.4, 0.5) is 5.69 Å². The number of methoxy groups -OCH3 is 2. The number of pyridine rings is 1. The molecule has 0 saturated heterocycles. The number of amides is 1. The largest absolute Gasteiger partial charge is 0.497 e. The Kier molecular flexibility index (Phi) is 4.20. The fraction of sp³-hybridized carbons (Fsp3) is 0.200. The minimum atomic E-state index is -0.220. The zero-order valence-corrected chi connectivity index (χ0v) is 11.6. The minimum absolute atomic E-state index is 0.220. The van der Waals surface area contributed by atoms with Gasteiger partial charge in [0.15, 0.2) is 0 Å². The van der Waals surface area contributed by atoms with Gasteiger partial charge < -0.3 is 14.8 Å². The summed E-state index contributed by atoms with van der Waals surface area (Å²) in [6.07, 6.45) is 1.60. The van der Waals surface area contributed by atoms with Gasteiger partial charge in [-0.2, -0.15) is 0 Å². The van der Waals surface area contributed by atoms with Gasteiger partial charge in [-0.15, -0.1) is 0 Å². The van der Waals surface area contributed by atoms with Crippen molar-refractivity contribution in [2.24, 2.45) is 0 Å². The quantitative estimate of drug-likeness (QED) is 0.929. The molecule has 104 valence electrons. The number of carbonyl (C=O) groups excluding carboxylic acids is 1. The zero-order chi connectivity index (χ0) is 14.5. The molecule has 0 aliphatic carbocycles. The molecule has 1 N–H and O–H groups in total. The Hall–Kier alpha value is -2.56. The van der Waals surface area contributed by atoms with E-state index in [-0.39, 0.29) is 5.91 Å². The van der Waals surface area contributed by atoms with Crippen molar-refractivity contribution in [3.05, 3.63) is 47.8 Å². The standard InChI is InChI=1S/C15H16N2O3/c1-10-8-11(6-7-16-10)15(18)17-13-9-12(19-2)4-5-14(13)20-3/h4-9H,1-3H3,(H,17,18). The van der Waals surface area contributed by atoms with E-state index < -0.39 is 0 Å². The second-order valence-corrected chi connectivity index (χ2v) is 4.21. The van der Waals surface area contributed by atoms with Gasteiger partial charge in [-0.3, -0.25) is 9.78 Å². The van der Waals surface area contributed by atoms with Crippen LogP contribution in [-0.2, 0) is 0 Å². The summed E-state index contributed by atoms with van der Waals surface area (Å²) in [4.78, 5) is 16.3. The van der Waals surface area contributed by atoms with Crippen LogP contribution in [0.3, 0.4) is 0 Å². The second kappa shape index (κ2) is 6.06. The molecule has 1 heterocycles. The van der Waals surface area contributed by atoms with Gasteiger partial charge in [0.25, 0.3) is 5.91 Å². The predicted octanol–water partition coefficient (Wildman–Crippen LogP) is 2.66. The Bertz CT molecular complexity index is 626. The maximum Gasteiger partial charge on any atom is 0.255 e. The van der Waals surface area contributed by atoms with E-state index in [0.717, 1.165) is 5.69 Å². The lowest BCUT2D eigenvalue weighted by atomic mass is 10.2. The maximum atomic E-state index is 12.2. The molecule has 20 heavy (non-hydrogen) atoms. The predicted molar refractivity (Wildman–Crippen MR) is 76.5 cm³/mol. The molecular weight excluding hydrogens is 256 g/mol. The highest BCUT2D eigenvalue weighted by Gasteiger charge is 2.11. The van der Waals surface area contributed by atoms with Gasteiger partial charge in [0.05, 0.1) is 19.9 Å². The number of aromatic nitrogens is 1. The van der Waals surface area contributed by atoms with Crippen molar-refractivity contribution in [2.45, 2.75) is 6.92 Å². The van der Waals surface area contributed by atoms with Gasteiger partial charge in [-0.05, 0) is 31.2 Å². The third kappa shape index (κ3) is 3.06. The summed E-state index contributed by atoms with van der Waals surface area (Å²) in [5.41, 5.74) is 1.89. The van der Waals surface area contributed by atoms with Gasteiger partial charge in [0, 0.05) is 23.5 Å². The van der Waals surface area contributed by atoms with Crippen LogP contribution in [0.15, 0.2) is 36.5 Å². The number of ether oxygens (including phenoxy) is 2. The third-order valence-corrected chi connectivity index (χ3v) is 2.81. The van der Waals surface area contributed by atoms with Crippen LogP contribution in [0.1, 0.15) is 16.1 Å². The van der Waals surface area contributed by atoms with Crippen molar-refractivity contribution in [1.82, 2.24) is 4.98 Å². The van der Waals surface area contributed by atoms with E-state index in [1.54, 1.807) is 50.7 Å². The van der Waals surface area contributed by atoms with Gasteiger partial charge in [0.2, 0.25) is 0 Å². The Morgan fingerprint density at radius 1 is 1.15 bits per heavy atom. The Morgan fingerprint density at radius 3 is 2.60 bits per heavy atom. The highest BCUT2D eigenvalue weighted by atomic mass is 16.5. The molecule has 2 rings (SSSR count). The molecule has 0 radical (unpaired) electrons. The lowest BCUT2D eigenvalue weighted by Crippen LogP contribution is -2.13. The molecule has 1 amide bonds. The molecule has 2 aromatic rings. The van der Waals surface area contributed by atoms with Crippen LogP contribution in [0.25, 0.3) is 0 Å². The van der Waals surface area contributed by atoms with Crippen LogP contribution >= 0.6 is 0 Å². The van der Waals surface area contributed by atoms with Crippen molar-refractivity contribution in [2.75, 3.05) is 19.5 Å². The van der Waals surface area contributed by atoms with Crippen LogP contribution in [-0.4, -0.2) is 25.1 Å². The molecule has 0 fully saturated rings. The van der Waals surface area contributed by atoms with Crippen LogP contribution < -0.4 is 14.8 Å². The van der Waals surface area contributed by atoms with Gasteiger partial charge in [-0.1, -0.05) is 0 Å². The summed E-state index contributed by atoms with van der Waals surface area (Å²) in [6, 6.07) is 8.61. The molecule has 0 aliphatic rings. The van der Waals surface area contributed by atoms with Gasteiger partial charge >= 0.3 is 0 Å². The number of aryl methyl sites for hydroxylation is 1. The fourth-order valence-electron chi connectivity index (χ4n) is 1.79. The number of rotatable bonds is 4. The monoisotopic (exact) mass is 272 g/mol. The molecule has 1 aromatic heterocycles. The van der Waals surface area contributed by atoms with Crippen molar-refractivity contribution in [3.63, 3.8) is 0 Å². The molecule has 0 spiro atoms. The van der Waals surface area contributed by atoms with Crippen molar-refractivity contribution < 1.29 is 14.3 Å². The SMILES string of the molecule is COc1ccc(OC)c(NC(=O)c2ccnc(C)c2)c1. The third-order valence-electron chi connectivity index (χ3n) is 2.81. The summed E-state index contributed by atoms with van der Waals surface area (Å²) < 4.78 is 10.4. The lowest BCUT2D eigenvalue weighted by molar-refractivity contribution is 0.102. The minimum Gasteiger partial charge on any atom is -0.497 e. The van der Waals surface area contributed by atoms with Gasteiger partial charge in [0.1, 0.15) is 11.5 Å². The van der Waals surface area contributed by atoms with E-state index in [1.807, 2.05) is 6.92 Å². The highest BCUT2D eigenvalue weighted by Crippen LogP contribution is 2.29. The van der Waals surface area contributed by atoms with E-state index in [9.17, 15) is 4.79 Å². The van der Waals surface area contributed by atoms with Crippen LogP contribution in [0, 0.1) is 6.92 Å². The van der Waals surface area contributed by atoms with Crippen molar-refractivity contribution in [3.8, 4) is 11.5 Å². The number of carbonyl (C=O) groups is 1. The molecule has 0 atom stereocenters. The number of anilines is 1. The van der Waals surface area contributed by atoms with E-state index in [0.29, 0.717) is 22.7 Å². The first-order valence-corrected chi connectivity index (χ1v) is 6.10. The molecule has 0 aliphatic heterocycles. The summed E-state index contributed by atoms with van der Waals surface area (Å²) in [6.45, 7) is 1.84. The van der Waals surface area contributed by atoms with E-state index in [2.05, 4.69) is 10.3 Å². The topological polar surface area (TPSA) is 60.5 Å². The van der Waals surface area contributed by atoms with Gasteiger partial charge in [-0.25, -0.2) is 0 Å². The fourth-order valence-corrected chi connectivity index (χ4v) is 1.79. The number of hydrogen-bond donors (Lipinski definition) is 1. The first-order chi connectivity index (χ1) is 9.63.